The van der Waals surface area contributed by atoms with Crippen LogP contribution in [0.2, 0.25) is 0 Å². The fraction of sp³-hybridized carbons (Fsp3) is 1.00. The van der Waals surface area contributed by atoms with E-state index in [4.69, 9.17) is 0 Å². The molecule has 0 heterocycles. The Bertz CT molecular complexity index is 139. The molecule has 0 unspecified atom stereocenters. The van der Waals surface area contributed by atoms with Crippen molar-refractivity contribution < 1.29 is 0 Å². The first-order valence-corrected chi connectivity index (χ1v) is 6.82. The summed E-state index contributed by atoms with van der Waals surface area (Å²) in [6.45, 7) is 2.52. The maximum atomic E-state index is 3.55. The lowest BCUT2D eigenvalue weighted by atomic mass is 10.4. The lowest BCUT2D eigenvalue weighted by molar-refractivity contribution is 0.665. The number of hydrogen-bond acceptors (Lipinski definition) is 2. The van der Waals surface area contributed by atoms with Crippen LogP contribution in [0, 0.1) is 5.92 Å². The van der Waals surface area contributed by atoms with Crippen LogP contribution in [0.4, 0.5) is 0 Å². The van der Waals surface area contributed by atoms with E-state index in [9.17, 15) is 0 Å². The van der Waals surface area contributed by atoms with Crippen LogP contribution in [-0.4, -0.2) is 24.1 Å². The maximum absolute atomic E-state index is 3.55. The second-order valence-corrected chi connectivity index (χ2v) is 5.83. The van der Waals surface area contributed by atoms with Gasteiger partial charge in [-0.1, -0.05) is 12.8 Å². The zero-order valence-electron chi connectivity index (χ0n) is 8.43. The zero-order chi connectivity index (χ0) is 8.93. The predicted octanol–water partition coefficient (Wildman–Crippen LogP) is 2.66. The predicted molar refractivity (Wildman–Crippen MR) is 60.3 cm³/mol. The van der Waals surface area contributed by atoms with E-state index >= 15 is 0 Å². The van der Waals surface area contributed by atoms with Crippen LogP contribution in [0.1, 0.15) is 38.5 Å². The van der Waals surface area contributed by atoms with Gasteiger partial charge in [-0.3, -0.25) is 0 Å². The van der Waals surface area contributed by atoms with Gasteiger partial charge in [0.05, 0.1) is 0 Å². The Morgan fingerprint density at radius 3 is 2.54 bits per heavy atom. The minimum atomic E-state index is 1.00. The molecule has 0 spiro atoms. The molecule has 0 saturated heterocycles. The van der Waals surface area contributed by atoms with Crippen molar-refractivity contribution in [3.8, 4) is 0 Å². The summed E-state index contributed by atoms with van der Waals surface area (Å²) in [5.74, 6) is 2.37. The van der Waals surface area contributed by atoms with E-state index in [0.29, 0.717) is 0 Å². The second-order valence-electron chi connectivity index (χ2n) is 4.42. The molecular formula is C11H21NS. The third-order valence-corrected chi connectivity index (χ3v) is 4.45. The van der Waals surface area contributed by atoms with E-state index in [1.54, 1.807) is 0 Å². The Morgan fingerprint density at radius 2 is 1.85 bits per heavy atom. The van der Waals surface area contributed by atoms with Crippen molar-refractivity contribution in [3.63, 3.8) is 0 Å². The highest BCUT2D eigenvalue weighted by Crippen LogP contribution is 2.29. The molecule has 0 bridgehead atoms. The summed E-state index contributed by atoms with van der Waals surface area (Å²) < 4.78 is 0. The highest BCUT2D eigenvalue weighted by atomic mass is 32.2. The van der Waals surface area contributed by atoms with Gasteiger partial charge in [-0.05, 0) is 38.1 Å². The molecule has 0 atom stereocenters. The molecule has 0 aromatic heterocycles. The molecule has 1 nitrogen and oxygen atoms in total. The second kappa shape index (κ2) is 5.26. The van der Waals surface area contributed by atoms with Crippen molar-refractivity contribution in [3.05, 3.63) is 0 Å². The molecule has 2 heteroatoms. The van der Waals surface area contributed by atoms with E-state index < -0.39 is 0 Å². The molecular weight excluding hydrogens is 178 g/mol. The molecule has 2 aliphatic rings. The third-order valence-electron chi connectivity index (χ3n) is 3.06. The van der Waals surface area contributed by atoms with Crippen molar-refractivity contribution in [1.29, 1.82) is 0 Å². The Hall–Kier alpha value is 0.310. The minimum Gasteiger partial charge on any atom is -0.316 e. The van der Waals surface area contributed by atoms with Crippen LogP contribution < -0.4 is 5.32 Å². The van der Waals surface area contributed by atoms with E-state index in [0.717, 1.165) is 11.2 Å². The molecule has 76 valence electrons. The lowest BCUT2D eigenvalue weighted by Gasteiger charge is -2.08. The largest absolute Gasteiger partial charge is 0.316 e. The molecule has 0 aromatic carbocycles. The molecule has 13 heavy (non-hydrogen) atoms. The number of nitrogens with one attached hydrogen (secondary N) is 1. The van der Waals surface area contributed by atoms with Crippen LogP contribution in [0.15, 0.2) is 0 Å². The van der Waals surface area contributed by atoms with Crippen molar-refractivity contribution >= 4 is 11.8 Å². The van der Waals surface area contributed by atoms with E-state index in [-0.39, 0.29) is 0 Å². The number of hydrogen-bond donors (Lipinski definition) is 1. The summed E-state index contributed by atoms with van der Waals surface area (Å²) in [7, 11) is 0. The van der Waals surface area contributed by atoms with Crippen LogP contribution in [0.3, 0.4) is 0 Å². The molecule has 0 aromatic rings. The smallest absolute Gasteiger partial charge is 0.00608 e. The lowest BCUT2D eigenvalue weighted by Crippen LogP contribution is -2.20. The minimum absolute atomic E-state index is 1.00. The molecule has 2 saturated carbocycles. The van der Waals surface area contributed by atoms with Gasteiger partial charge in [0.15, 0.2) is 0 Å². The fourth-order valence-corrected chi connectivity index (χ4v) is 3.24. The number of rotatable bonds is 6. The van der Waals surface area contributed by atoms with Gasteiger partial charge in [-0.2, -0.15) is 11.8 Å². The summed E-state index contributed by atoms with van der Waals surface area (Å²) in [6.07, 6.45) is 8.87. The standard InChI is InChI=1S/C11H21NS/c1-2-4-11(3-1)13-8-7-12-9-10-5-6-10/h10-12H,1-9H2. The summed E-state index contributed by atoms with van der Waals surface area (Å²) in [4.78, 5) is 0. The molecule has 2 fully saturated rings. The highest BCUT2D eigenvalue weighted by Gasteiger charge is 2.20. The van der Waals surface area contributed by atoms with Crippen LogP contribution >= 0.6 is 11.8 Å². The summed E-state index contributed by atoms with van der Waals surface area (Å²) >= 11 is 2.19. The van der Waals surface area contributed by atoms with E-state index in [1.807, 2.05) is 0 Å². The van der Waals surface area contributed by atoms with Crippen LogP contribution in [-0.2, 0) is 0 Å². The van der Waals surface area contributed by atoms with Crippen molar-refractivity contribution in [2.24, 2.45) is 5.92 Å². The van der Waals surface area contributed by atoms with Gasteiger partial charge in [-0.25, -0.2) is 0 Å². The van der Waals surface area contributed by atoms with Gasteiger partial charge in [-0.15, -0.1) is 0 Å². The quantitative estimate of drug-likeness (QED) is 0.660. The van der Waals surface area contributed by atoms with E-state index in [1.165, 1.54) is 57.4 Å². The van der Waals surface area contributed by atoms with E-state index in [2.05, 4.69) is 17.1 Å². The van der Waals surface area contributed by atoms with Crippen molar-refractivity contribution in [2.75, 3.05) is 18.8 Å². The van der Waals surface area contributed by atoms with Crippen LogP contribution in [0.5, 0.6) is 0 Å². The van der Waals surface area contributed by atoms with Gasteiger partial charge in [0.25, 0.3) is 0 Å². The molecule has 1 N–H and O–H groups in total. The first-order chi connectivity index (χ1) is 6.45. The fourth-order valence-electron chi connectivity index (χ4n) is 1.98. The first kappa shape index (κ1) is 9.85. The normalized spacial score (nSPS) is 24.0. The third kappa shape index (κ3) is 3.90. The monoisotopic (exact) mass is 199 g/mol. The van der Waals surface area contributed by atoms with Crippen molar-refractivity contribution in [1.82, 2.24) is 5.32 Å². The Labute approximate surface area is 86.0 Å². The van der Waals surface area contributed by atoms with Crippen LogP contribution in [0.25, 0.3) is 0 Å². The first-order valence-electron chi connectivity index (χ1n) is 5.77. The summed E-state index contributed by atoms with van der Waals surface area (Å²) in [5.41, 5.74) is 0. The molecule has 0 radical (unpaired) electrons. The average Bonchev–Trinajstić information content (AvgIpc) is 2.81. The Kier molecular flexibility index (Phi) is 3.98. The summed E-state index contributed by atoms with van der Waals surface area (Å²) in [6, 6.07) is 0. The van der Waals surface area contributed by atoms with Crippen molar-refractivity contribution in [2.45, 2.75) is 43.8 Å². The summed E-state index contributed by atoms with van der Waals surface area (Å²) in [5, 5.41) is 4.55. The van der Waals surface area contributed by atoms with Gasteiger partial charge < -0.3 is 5.32 Å². The topological polar surface area (TPSA) is 12.0 Å². The Morgan fingerprint density at radius 1 is 1.08 bits per heavy atom. The highest BCUT2D eigenvalue weighted by molar-refractivity contribution is 7.99. The van der Waals surface area contributed by atoms with Gasteiger partial charge >= 0.3 is 0 Å². The van der Waals surface area contributed by atoms with Gasteiger partial charge in [0, 0.05) is 17.5 Å². The molecule has 0 aliphatic heterocycles. The molecule has 2 rings (SSSR count). The number of thioether (sulfide) groups is 1. The average molecular weight is 199 g/mol. The maximum Gasteiger partial charge on any atom is 0.00608 e. The Balaban J connectivity index is 1.39. The molecule has 2 aliphatic carbocycles. The zero-order valence-corrected chi connectivity index (χ0v) is 9.24. The SMILES string of the molecule is C1CCC(SCCNCC2CC2)C1. The molecule has 0 amide bonds. The van der Waals surface area contributed by atoms with Gasteiger partial charge in [0.2, 0.25) is 0 Å². The van der Waals surface area contributed by atoms with Gasteiger partial charge in [0.1, 0.15) is 0 Å².